The van der Waals surface area contributed by atoms with Gasteiger partial charge in [-0.1, -0.05) is 39.3 Å². The molecule has 0 saturated carbocycles. The van der Waals surface area contributed by atoms with E-state index in [0.29, 0.717) is 12.5 Å². The minimum atomic E-state index is -0.237. The molecule has 0 aliphatic rings. The van der Waals surface area contributed by atoms with Gasteiger partial charge in [0.15, 0.2) is 5.96 Å². The molecule has 20 heavy (non-hydrogen) atoms. The van der Waals surface area contributed by atoms with Crippen LogP contribution in [0, 0.1) is 5.82 Å². The topological polar surface area (TPSA) is 50.4 Å². The molecule has 0 amide bonds. The molecule has 0 heterocycles. The van der Waals surface area contributed by atoms with Crippen LogP contribution in [-0.4, -0.2) is 19.0 Å². The fourth-order valence-corrected chi connectivity index (χ4v) is 1.73. The molecule has 0 spiro atoms. The second-order valence-corrected chi connectivity index (χ2v) is 5.38. The van der Waals surface area contributed by atoms with Crippen LogP contribution in [-0.2, 0) is 5.41 Å². The van der Waals surface area contributed by atoms with Gasteiger partial charge < -0.3 is 11.1 Å². The van der Waals surface area contributed by atoms with Gasteiger partial charge in [-0.2, -0.15) is 0 Å². The minimum absolute atomic E-state index is 0. The molecule has 3 N–H and O–H groups in total. The molecule has 5 heteroatoms. The zero-order valence-corrected chi connectivity index (χ0v) is 14.8. The van der Waals surface area contributed by atoms with Crippen molar-refractivity contribution < 1.29 is 4.39 Å². The number of aliphatic imine (C=N–C) groups is 1. The van der Waals surface area contributed by atoms with E-state index in [-0.39, 0.29) is 35.2 Å². The largest absolute Gasteiger partial charge is 0.370 e. The molecule has 0 aliphatic carbocycles. The molecule has 0 aromatic heterocycles. The lowest BCUT2D eigenvalue weighted by atomic mass is 9.85. The number of nitrogens with one attached hydrogen (secondary N) is 1. The SMILES string of the molecule is CCCCNC(N)=NCC(C)(C)c1cccc(F)c1.I. The van der Waals surface area contributed by atoms with Crippen LogP contribution in [0.1, 0.15) is 39.2 Å². The van der Waals surface area contributed by atoms with Gasteiger partial charge in [-0.3, -0.25) is 4.99 Å². The van der Waals surface area contributed by atoms with E-state index in [9.17, 15) is 4.39 Å². The fraction of sp³-hybridized carbons (Fsp3) is 0.533. The Morgan fingerprint density at radius 3 is 2.70 bits per heavy atom. The average molecular weight is 393 g/mol. The van der Waals surface area contributed by atoms with Crippen LogP contribution < -0.4 is 11.1 Å². The molecule has 0 bridgehead atoms. The average Bonchev–Trinajstić information content (AvgIpc) is 2.37. The number of halogens is 2. The van der Waals surface area contributed by atoms with Gasteiger partial charge in [0.1, 0.15) is 5.82 Å². The third-order valence-corrected chi connectivity index (χ3v) is 3.09. The Balaban J connectivity index is 0.00000361. The number of guanidine groups is 1. The zero-order valence-electron chi connectivity index (χ0n) is 12.4. The van der Waals surface area contributed by atoms with Crippen molar-refractivity contribution in [1.29, 1.82) is 0 Å². The molecular formula is C15H25FIN3. The summed E-state index contributed by atoms with van der Waals surface area (Å²) in [5, 5.41) is 3.07. The molecule has 1 aromatic carbocycles. The minimum Gasteiger partial charge on any atom is -0.370 e. The highest BCUT2D eigenvalue weighted by molar-refractivity contribution is 14.0. The van der Waals surface area contributed by atoms with Crippen molar-refractivity contribution >= 4 is 29.9 Å². The third-order valence-electron chi connectivity index (χ3n) is 3.09. The summed E-state index contributed by atoms with van der Waals surface area (Å²) in [7, 11) is 0. The van der Waals surface area contributed by atoms with Crippen molar-refractivity contribution in [3.8, 4) is 0 Å². The smallest absolute Gasteiger partial charge is 0.188 e. The summed E-state index contributed by atoms with van der Waals surface area (Å²) in [5.74, 6) is 0.238. The van der Waals surface area contributed by atoms with Gasteiger partial charge in [0.25, 0.3) is 0 Å². The van der Waals surface area contributed by atoms with Crippen LogP contribution in [0.3, 0.4) is 0 Å². The predicted molar refractivity (Wildman–Crippen MR) is 94.2 cm³/mol. The van der Waals surface area contributed by atoms with Gasteiger partial charge in [0.05, 0.1) is 6.54 Å². The summed E-state index contributed by atoms with van der Waals surface area (Å²) in [6.07, 6.45) is 2.19. The van der Waals surface area contributed by atoms with E-state index >= 15 is 0 Å². The Morgan fingerprint density at radius 1 is 1.40 bits per heavy atom. The summed E-state index contributed by atoms with van der Waals surface area (Å²) in [5.41, 5.74) is 6.49. The number of nitrogens with two attached hydrogens (primary N) is 1. The highest BCUT2D eigenvalue weighted by atomic mass is 127. The van der Waals surface area contributed by atoms with Crippen molar-refractivity contribution in [3.05, 3.63) is 35.6 Å². The van der Waals surface area contributed by atoms with Gasteiger partial charge in [0.2, 0.25) is 0 Å². The van der Waals surface area contributed by atoms with Crippen LogP contribution >= 0.6 is 24.0 Å². The van der Waals surface area contributed by atoms with Gasteiger partial charge in [-0.05, 0) is 24.1 Å². The predicted octanol–water partition coefficient (Wildman–Crippen LogP) is 3.43. The first kappa shape index (κ1) is 19.1. The molecule has 1 rings (SSSR count). The molecule has 114 valence electrons. The van der Waals surface area contributed by atoms with E-state index in [1.165, 1.54) is 6.07 Å². The summed E-state index contributed by atoms with van der Waals surface area (Å²) in [6, 6.07) is 6.64. The second-order valence-electron chi connectivity index (χ2n) is 5.38. The van der Waals surface area contributed by atoms with Crippen molar-refractivity contribution in [2.45, 2.75) is 39.0 Å². The third kappa shape index (κ3) is 6.54. The first-order valence-corrected chi connectivity index (χ1v) is 6.75. The van der Waals surface area contributed by atoms with Crippen molar-refractivity contribution in [3.63, 3.8) is 0 Å². The van der Waals surface area contributed by atoms with Gasteiger partial charge in [-0.15, -0.1) is 24.0 Å². The summed E-state index contributed by atoms with van der Waals surface area (Å²) in [6.45, 7) is 7.56. The van der Waals surface area contributed by atoms with Crippen LogP contribution in [0.15, 0.2) is 29.3 Å². The Labute approximate surface area is 138 Å². The standard InChI is InChI=1S/C15H24FN3.HI/c1-4-5-9-18-14(17)19-11-15(2,3)12-7-6-8-13(16)10-12;/h6-8,10H,4-5,9,11H2,1-3H3,(H3,17,18,19);1H. The summed E-state index contributed by atoms with van der Waals surface area (Å²) < 4.78 is 13.2. The van der Waals surface area contributed by atoms with E-state index in [4.69, 9.17) is 5.73 Å². The van der Waals surface area contributed by atoms with Gasteiger partial charge in [0, 0.05) is 12.0 Å². The molecule has 0 fully saturated rings. The van der Waals surface area contributed by atoms with E-state index in [1.54, 1.807) is 12.1 Å². The molecule has 0 radical (unpaired) electrons. The molecule has 0 saturated heterocycles. The maximum absolute atomic E-state index is 13.2. The summed E-state index contributed by atoms with van der Waals surface area (Å²) >= 11 is 0. The molecule has 0 atom stereocenters. The van der Waals surface area contributed by atoms with Crippen molar-refractivity contribution in [2.24, 2.45) is 10.7 Å². The Bertz CT molecular complexity index is 433. The lowest BCUT2D eigenvalue weighted by molar-refractivity contribution is 0.530. The van der Waals surface area contributed by atoms with E-state index in [0.717, 1.165) is 24.9 Å². The first-order valence-electron chi connectivity index (χ1n) is 6.75. The van der Waals surface area contributed by atoms with Crippen molar-refractivity contribution in [1.82, 2.24) is 5.32 Å². The number of rotatable bonds is 6. The van der Waals surface area contributed by atoms with E-state index in [1.807, 2.05) is 19.9 Å². The number of unbranched alkanes of at least 4 members (excludes halogenated alkanes) is 1. The monoisotopic (exact) mass is 393 g/mol. The first-order chi connectivity index (χ1) is 8.95. The van der Waals surface area contributed by atoms with Crippen LogP contribution in [0.2, 0.25) is 0 Å². The molecule has 0 unspecified atom stereocenters. The lowest BCUT2D eigenvalue weighted by Gasteiger charge is -2.23. The van der Waals surface area contributed by atoms with Gasteiger partial charge >= 0.3 is 0 Å². The lowest BCUT2D eigenvalue weighted by Crippen LogP contribution is -2.34. The highest BCUT2D eigenvalue weighted by Crippen LogP contribution is 2.23. The maximum Gasteiger partial charge on any atom is 0.188 e. The van der Waals surface area contributed by atoms with Crippen molar-refractivity contribution in [2.75, 3.05) is 13.1 Å². The number of benzene rings is 1. The Kier molecular flexibility index (Phi) is 8.76. The van der Waals surface area contributed by atoms with Crippen LogP contribution in [0.5, 0.6) is 0 Å². The van der Waals surface area contributed by atoms with E-state index < -0.39 is 0 Å². The number of nitrogens with zero attached hydrogens (tertiary/aromatic N) is 1. The Morgan fingerprint density at radius 2 is 2.10 bits per heavy atom. The number of hydrogen-bond acceptors (Lipinski definition) is 1. The molecule has 0 aliphatic heterocycles. The van der Waals surface area contributed by atoms with Crippen LogP contribution in [0.25, 0.3) is 0 Å². The maximum atomic E-state index is 13.2. The second kappa shape index (κ2) is 9.15. The quantitative estimate of drug-likeness (QED) is 0.337. The molecule has 1 aromatic rings. The number of hydrogen-bond donors (Lipinski definition) is 2. The summed E-state index contributed by atoms with van der Waals surface area (Å²) in [4.78, 5) is 4.33. The van der Waals surface area contributed by atoms with Gasteiger partial charge in [-0.25, -0.2) is 4.39 Å². The Hall–Kier alpha value is -0.850. The van der Waals surface area contributed by atoms with Crippen LogP contribution in [0.4, 0.5) is 4.39 Å². The zero-order chi connectivity index (χ0) is 14.3. The molecular weight excluding hydrogens is 368 g/mol. The normalized spacial score (nSPS) is 11.9. The molecule has 3 nitrogen and oxygen atoms in total. The fourth-order valence-electron chi connectivity index (χ4n) is 1.73. The van der Waals surface area contributed by atoms with E-state index in [2.05, 4.69) is 17.2 Å². The highest BCUT2D eigenvalue weighted by Gasteiger charge is 2.20.